The third-order valence-electron chi connectivity index (χ3n) is 5.63. The predicted molar refractivity (Wildman–Crippen MR) is 138 cm³/mol. The van der Waals surface area contributed by atoms with Gasteiger partial charge in [0.1, 0.15) is 5.76 Å². The Morgan fingerprint density at radius 1 is 1.06 bits per heavy atom. The average molecular weight is 560 g/mol. The van der Waals surface area contributed by atoms with E-state index in [1.807, 2.05) is 23.5 Å². The van der Waals surface area contributed by atoms with Gasteiger partial charge in [-0.15, -0.1) is 35.3 Å². The molecule has 172 valence electrons. The molecule has 0 amide bonds. The molecule has 0 radical (unpaired) electrons. The number of ether oxygens (including phenoxy) is 1. The van der Waals surface area contributed by atoms with E-state index in [2.05, 4.69) is 37.5 Å². The summed E-state index contributed by atoms with van der Waals surface area (Å²) in [5.41, 5.74) is 0. The molecule has 1 N–H and O–H groups in total. The lowest BCUT2D eigenvalue weighted by Gasteiger charge is -2.37. The number of hydrogen-bond donors (Lipinski definition) is 1. The van der Waals surface area contributed by atoms with Crippen molar-refractivity contribution in [2.75, 3.05) is 77.0 Å². The number of guanidine groups is 1. The zero-order valence-corrected chi connectivity index (χ0v) is 21.2. The maximum atomic E-state index is 5.47. The van der Waals surface area contributed by atoms with Crippen molar-refractivity contribution in [2.45, 2.75) is 12.8 Å². The van der Waals surface area contributed by atoms with Crippen molar-refractivity contribution in [3.05, 3.63) is 41.7 Å². The maximum absolute atomic E-state index is 5.47. The highest BCUT2D eigenvalue weighted by molar-refractivity contribution is 14.0. The molecule has 0 aromatic carbocycles. The normalized spacial score (nSPS) is 18.1. The van der Waals surface area contributed by atoms with Crippen molar-refractivity contribution < 1.29 is 9.15 Å². The lowest BCUT2D eigenvalue weighted by molar-refractivity contribution is 0.0377. The Labute approximate surface area is 206 Å². The second-order valence-electron chi connectivity index (χ2n) is 7.69. The number of furan rings is 1. The summed E-state index contributed by atoms with van der Waals surface area (Å²) in [7, 11) is 0. The summed E-state index contributed by atoms with van der Waals surface area (Å²) in [5.74, 6) is 2.05. The molecule has 31 heavy (non-hydrogen) atoms. The molecule has 9 heteroatoms. The van der Waals surface area contributed by atoms with Crippen molar-refractivity contribution in [1.82, 2.24) is 15.1 Å². The summed E-state index contributed by atoms with van der Waals surface area (Å²) < 4.78 is 10.9. The summed E-state index contributed by atoms with van der Waals surface area (Å²) in [5, 5.41) is 7.10. The van der Waals surface area contributed by atoms with Crippen LogP contribution in [0.2, 0.25) is 0 Å². The minimum Gasteiger partial charge on any atom is -0.469 e. The van der Waals surface area contributed by atoms with Crippen LogP contribution in [0.4, 0.5) is 5.00 Å². The van der Waals surface area contributed by atoms with Gasteiger partial charge in [-0.1, -0.05) is 0 Å². The highest BCUT2D eigenvalue weighted by Crippen LogP contribution is 2.22. The van der Waals surface area contributed by atoms with E-state index in [4.69, 9.17) is 14.1 Å². The van der Waals surface area contributed by atoms with Crippen molar-refractivity contribution >= 4 is 46.3 Å². The fourth-order valence-electron chi connectivity index (χ4n) is 3.91. The molecule has 2 saturated heterocycles. The van der Waals surface area contributed by atoms with Crippen LogP contribution in [0.25, 0.3) is 0 Å². The van der Waals surface area contributed by atoms with Crippen LogP contribution < -0.4 is 10.2 Å². The van der Waals surface area contributed by atoms with Crippen molar-refractivity contribution in [2.24, 2.45) is 4.99 Å². The molecule has 0 saturated carbocycles. The third kappa shape index (κ3) is 7.65. The van der Waals surface area contributed by atoms with Crippen LogP contribution in [0.15, 0.2) is 45.3 Å². The van der Waals surface area contributed by atoms with Crippen LogP contribution in [-0.4, -0.2) is 87.9 Å². The molecule has 0 spiro atoms. The number of anilines is 1. The van der Waals surface area contributed by atoms with Gasteiger partial charge >= 0.3 is 0 Å². The quantitative estimate of drug-likeness (QED) is 0.233. The number of thiophene rings is 1. The van der Waals surface area contributed by atoms with Crippen LogP contribution in [0, 0.1) is 0 Å². The van der Waals surface area contributed by atoms with Gasteiger partial charge in [0.05, 0.1) is 24.5 Å². The van der Waals surface area contributed by atoms with Crippen LogP contribution >= 0.6 is 35.3 Å². The molecule has 4 rings (SSSR count). The minimum absolute atomic E-state index is 0. The lowest BCUT2D eigenvalue weighted by atomic mass is 10.3. The Balaban J connectivity index is 0.00000272. The SMILES string of the molecule is I.c1coc(CCNC(=NCCCN2CCOCC2)N2CCN(c3cccs3)CC2)c1. The number of nitrogens with one attached hydrogen (secondary N) is 1. The van der Waals surface area contributed by atoms with E-state index in [9.17, 15) is 0 Å². The summed E-state index contributed by atoms with van der Waals surface area (Å²) in [6.07, 6.45) is 3.69. The standard InChI is InChI=1S/C22H33N5O2S.HI/c1-4-20(29-16-1)6-8-24-22(23-7-3-9-25-14-17-28-18-15-25)27-12-10-26(11-13-27)21-5-2-19-30-21;/h1-2,4-5,16,19H,3,6-15,17-18H2,(H,23,24);1H. The summed E-state index contributed by atoms with van der Waals surface area (Å²) in [6, 6.07) is 8.31. The third-order valence-corrected chi connectivity index (χ3v) is 6.56. The number of morpholine rings is 1. The summed E-state index contributed by atoms with van der Waals surface area (Å²) in [4.78, 5) is 12.3. The van der Waals surface area contributed by atoms with Crippen molar-refractivity contribution in [3.8, 4) is 0 Å². The number of halogens is 1. The van der Waals surface area contributed by atoms with Gasteiger partial charge in [0, 0.05) is 65.3 Å². The monoisotopic (exact) mass is 559 g/mol. The summed E-state index contributed by atoms with van der Waals surface area (Å²) >= 11 is 1.82. The van der Waals surface area contributed by atoms with E-state index < -0.39 is 0 Å². The Morgan fingerprint density at radius 2 is 1.90 bits per heavy atom. The van der Waals surface area contributed by atoms with E-state index in [1.165, 1.54) is 5.00 Å². The van der Waals surface area contributed by atoms with E-state index in [0.29, 0.717) is 0 Å². The highest BCUT2D eigenvalue weighted by Gasteiger charge is 2.20. The molecule has 0 bridgehead atoms. The molecule has 2 aliphatic heterocycles. The van der Waals surface area contributed by atoms with Crippen LogP contribution in [0.1, 0.15) is 12.2 Å². The topological polar surface area (TPSA) is 56.5 Å². The second kappa shape index (κ2) is 13.3. The number of aliphatic imine (C=N–C) groups is 1. The van der Waals surface area contributed by atoms with Crippen molar-refractivity contribution in [1.29, 1.82) is 0 Å². The molecule has 4 heterocycles. The van der Waals surface area contributed by atoms with Gasteiger partial charge in [-0.05, 0) is 36.1 Å². The average Bonchev–Trinajstić information content (AvgIpc) is 3.51. The first-order valence-corrected chi connectivity index (χ1v) is 11.9. The molecule has 2 aromatic rings. The first-order chi connectivity index (χ1) is 14.9. The largest absolute Gasteiger partial charge is 0.469 e. The molecule has 2 aromatic heterocycles. The number of hydrogen-bond acceptors (Lipinski definition) is 6. The molecular formula is C22H34IN5O2S. The van der Waals surface area contributed by atoms with Gasteiger partial charge in [-0.2, -0.15) is 0 Å². The van der Waals surface area contributed by atoms with Gasteiger partial charge in [-0.3, -0.25) is 9.89 Å². The smallest absolute Gasteiger partial charge is 0.194 e. The maximum Gasteiger partial charge on any atom is 0.194 e. The Kier molecular flexibility index (Phi) is 10.4. The van der Waals surface area contributed by atoms with Gasteiger partial charge in [0.2, 0.25) is 0 Å². The summed E-state index contributed by atoms with van der Waals surface area (Å²) in [6.45, 7) is 10.6. The Morgan fingerprint density at radius 3 is 2.61 bits per heavy atom. The minimum atomic E-state index is 0. The molecule has 0 aliphatic carbocycles. The predicted octanol–water partition coefficient (Wildman–Crippen LogP) is 2.99. The molecular weight excluding hydrogens is 525 g/mol. The zero-order valence-electron chi connectivity index (χ0n) is 18.1. The Hall–Kier alpha value is -1.30. The zero-order chi connectivity index (χ0) is 20.4. The van der Waals surface area contributed by atoms with E-state index in [1.54, 1.807) is 6.26 Å². The highest BCUT2D eigenvalue weighted by atomic mass is 127. The van der Waals surface area contributed by atoms with Crippen molar-refractivity contribution in [3.63, 3.8) is 0 Å². The number of piperazine rings is 1. The fraction of sp³-hybridized carbons (Fsp3) is 0.591. The lowest BCUT2D eigenvalue weighted by Crippen LogP contribution is -2.52. The molecule has 7 nitrogen and oxygen atoms in total. The first-order valence-electron chi connectivity index (χ1n) is 11.0. The number of nitrogens with zero attached hydrogens (tertiary/aromatic N) is 4. The van der Waals surface area contributed by atoms with Crippen LogP contribution in [0.3, 0.4) is 0 Å². The molecule has 0 atom stereocenters. The van der Waals surface area contributed by atoms with Gasteiger partial charge in [-0.25, -0.2) is 0 Å². The van der Waals surface area contributed by atoms with Crippen LogP contribution in [0.5, 0.6) is 0 Å². The van der Waals surface area contributed by atoms with Crippen LogP contribution in [-0.2, 0) is 11.2 Å². The molecule has 2 aliphatic rings. The number of rotatable bonds is 8. The van der Waals surface area contributed by atoms with E-state index in [0.717, 1.165) is 96.7 Å². The van der Waals surface area contributed by atoms with E-state index in [-0.39, 0.29) is 24.0 Å². The van der Waals surface area contributed by atoms with Gasteiger partial charge in [0.15, 0.2) is 5.96 Å². The van der Waals surface area contributed by atoms with E-state index >= 15 is 0 Å². The first kappa shape index (κ1) is 24.3. The Bertz CT molecular complexity index is 742. The second-order valence-corrected chi connectivity index (χ2v) is 8.62. The van der Waals surface area contributed by atoms with Gasteiger partial charge in [0.25, 0.3) is 0 Å². The fourth-order valence-corrected chi connectivity index (χ4v) is 4.70. The molecule has 0 unspecified atom stereocenters. The molecule has 2 fully saturated rings. The van der Waals surface area contributed by atoms with Gasteiger partial charge < -0.3 is 24.3 Å².